The van der Waals surface area contributed by atoms with Crippen molar-refractivity contribution in [2.75, 3.05) is 6.54 Å². The fourth-order valence-corrected chi connectivity index (χ4v) is 4.31. The van der Waals surface area contributed by atoms with Crippen molar-refractivity contribution in [2.24, 2.45) is 0 Å². The molecule has 7 nitrogen and oxygen atoms in total. The summed E-state index contributed by atoms with van der Waals surface area (Å²) in [6.45, 7) is 2.21. The van der Waals surface area contributed by atoms with Crippen LogP contribution in [-0.2, 0) is 19.5 Å². The minimum absolute atomic E-state index is 0.0621. The van der Waals surface area contributed by atoms with Crippen LogP contribution in [0.3, 0.4) is 0 Å². The molecule has 28 heavy (non-hydrogen) atoms. The largest absolute Gasteiger partial charge is 0.305 e. The number of aromatic nitrogens is 5. The highest BCUT2D eigenvalue weighted by atomic mass is 32.1. The average Bonchev–Trinajstić information content (AvgIpc) is 3.40. The molecule has 1 aliphatic rings. The molecule has 0 amide bonds. The Morgan fingerprint density at radius 3 is 3.00 bits per heavy atom. The van der Waals surface area contributed by atoms with E-state index in [-0.39, 0.29) is 5.56 Å². The fraction of sp³-hybridized carbons (Fsp3) is 0.200. The highest BCUT2D eigenvalue weighted by Gasteiger charge is 2.23. The maximum absolute atomic E-state index is 12.5. The molecule has 0 atom stereocenters. The van der Waals surface area contributed by atoms with E-state index in [0.717, 1.165) is 35.6 Å². The molecule has 140 valence electrons. The van der Waals surface area contributed by atoms with Crippen molar-refractivity contribution in [1.82, 2.24) is 30.0 Å². The first-order valence-corrected chi connectivity index (χ1v) is 9.98. The van der Waals surface area contributed by atoms with E-state index in [1.165, 1.54) is 4.88 Å². The number of aromatic amines is 2. The number of rotatable bonds is 4. The zero-order valence-electron chi connectivity index (χ0n) is 15.1. The van der Waals surface area contributed by atoms with Gasteiger partial charge in [0.15, 0.2) is 5.82 Å². The third kappa shape index (κ3) is 3.17. The summed E-state index contributed by atoms with van der Waals surface area (Å²) in [5.41, 5.74) is 4.44. The molecule has 0 radical (unpaired) electrons. The minimum atomic E-state index is -0.0621. The number of thiophene rings is 1. The number of pyridine rings is 1. The van der Waals surface area contributed by atoms with Crippen molar-refractivity contribution in [3.8, 4) is 22.1 Å². The maximum Gasteiger partial charge on any atom is 0.254 e. The van der Waals surface area contributed by atoms with Gasteiger partial charge >= 0.3 is 0 Å². The molecule has 0 aromatic carbocycles. The summed E-state index contributed by atoms with van der Waals surface area (Å²) in [4.78, 5) is 27.9. The van der Waals surface area contributed by atoms with Crippen LogP contribution in [0, 0.1) is 0 Å². The van der Waals surface area contributed by atoms with E-state index in [0.29, 0.717) is 24.5 Å². The first-order valence-electron chi connectivity index (χ1n) is 9.10. The molecule has 5 rings (SSSR count). The van der Waals surface area contributed by atoms with E-state index >= 15 is 0 Å². The Bertz CT molecular complexity index is 1150. The Morgan fingerprint density at radius 1 is 1.21 bits per heavy atom. The van der Waals surface area contributed by atoms with Crippen LogP contribution in [0.25, 0.3) is 22.1 Å². The van der Waals surface area contributed by atoms with Gasteiger partial charge in [-0.05, 0) is 30.0 Å². The second kappa shape index (κ2) is 7.14. The summed E-state index contributed by atoms with van der Waals surface area (Å²) in [5.74, 6) is 0.522. The monoisotopic (exact) mass is 390 g/mol. The summed E-state index contributed by atoms with van der Waals surface area (Å²) in [6.07, 6.45) is 4.27. The normalized spacial score (nSPS) is 14.1. The lowest BCUT2D eigenvalue weighted by molar-refractivity contribution is 0.241. The molecule has 0 unspecified atom stereocenters. The maximum atomic E-state index is 12.5. The van der Waals surface area contributed by atoms with Crippen LogP contribution >= 0.6 is 11.3 Å². The molecular formula is C20H18N6OS. The molecular weight excluding hydrogens is 372 g/mol. The van der Waals surface area contributed by atoms with Gasteiger partial charge in [0.05, 0.1) is 22.5 Å². The Morgan fingerprint density at radius 2 is 2.18 bits per heavy atom. The molecule has 4 aromatic rings. The number of nitrogens with one attached hydrogen (secondary N) is 2. The minimum Gasteiger partial charge on any atom is -0.305 e. The van der Waals surface area contributed by atoms with Crippen molar-refractivity contribution in [3.63, 3.8) is 0 Å². The van der Waals surface area contributed by atoms with Gasteiger partial charge in [-0.15, -0.1) is 11.3 Å². The van der Waals surface area contributed by atoms with E-state index in [4.69, 9.17) is 4.98 Å². The van der Waals surface area contributed by atoms with Crippen molar-refractivity contribution in [1.29, 1.82) is 0 Å². The van der Waals surface area contributed by atoms with Gasteiger partial charge in [-0.1, -0.05) is 12.1 Å². The predicted molar refractivity (Wildman–Crippen MR) is 108 cm³/mol. The summed E-state index contributed by atoms with van der Waals surface area (Å²) < 4.78 is 0. The predicted octanol–water partition coefficient (Wildman–Crippen LogP) is 2.84. The first kappa shape index (κ1) is 17.0. The van der Waals surface area contributed by atoms with Crippen LogP contribution in [0.4, 0.5) is 0 Å². The van der Waals surface area contributed by atoms with Crippen LogP contribution in [0.5, 0.6) is 0 Å². The zero-order chi connectivity index (χ0) is 18.9. The summed E-state index contributed by atoms with van der Waals surface area (Å²) in [5, 5.41) is 9.41. The molecule has 0 spiro atoms. The molecule has 0 saturated heterocycles. The number of hydrogen-bond donors (Lipinski definition) is 2. The quantitative estimate of drug-likeness (QED) is 0.559. The Kier molecular flexibility index (Phi) is 4.34. The van der Waals surface area contributed by atoms with Crippen LogP contribution in [0.1, 0.15) is 16.8 Å². The van der Waals surface area contributed by atoms with E-state index in [9.17, 15) is 4.79 Å². The van der Waals surface area contributed by atoms with Crippen LogP contribution < -0.4 is 5.56 Å². The lowest BCUT2D eigenvalue weighted by atomic mass is 10.1. The average molecular weight is 390 g/mol. The summed E-state index contributed by atoms with van der Waals surface area (Å²) in [7, 11) is 0. The molecule has 8 heteroatoms. The van der Waals surface area contributed by atoms with Gasteiger partial charge in [0.1, 0.15) is 5.69 Å². The van der Waals surface area contributed by atoms with Crippen LogP contribution in [-0.4, -0.2) is 36.6 Å². The second-order valence-electron chi connectivity index (χ2n) is 6.76. The molecule has 2 N–H and O–H groups in total. The molecule has 1 aliphatic heterocycles. The molecule has 0 saturated carbocycles. The topological polar surface area (TPSA) is 90.6 Å². The highest BCUT2D eigenvalue weighted by Crippen LogP contribution is 2.27. The number of fused-ring (bicyclic) bond motifs is 1. The van der Waals surface area contributed by atoms with E-state index < -0.39 is 0 Å². The number of H-pyrrole nitrogens is 2. The van der Waals surface area contributed by atoms with Gasteiger partial charge in [0.2, 0.25) is 0 Å². The molecule has 0 aliphatic carbocycles. The first-order chi connectivity index (χ1) is 13.8. The standard InChI is InChI=1S/C20H18N6OS/c27-20-14-6-8-26(11-13-10-22-25-18(13)17-5-3-9-28-17)12-16(14)23-19(24-20)15-4-1-2-7-21-15/h1-5,7,9-10H,6,8,11-12H2,(H,22,25)(H,23,24,27). The molecule has 0 bridgehead atoms. The van der Waals surface area contributed by atoms with Gasteiger partial charge in [-0.3, -0.25) is 19.8 Å². The van der Waals surface area contributed by atoms with Gasteiger partial charge in [0, 0.05) is 37.0 Å². The van der Waals surface area contributed by atoms with Crippen molar-refractivity contribution < 1.29 is 0 Å². The smallest absolute Gasteiger partial charge is 0.254 e. The molecule has 0 fully saturated rings. The summed E-state index contributed by atoms with van der Waals surface area (Å²) in [6, 6.07) is 9.71. The fourth-order valence-electron chi connectivity index (χ4n) is 3.56. The van der Waals surface area contributed by atoms with Gasteiger partial charge in [-0.25, -0.2) is 4.98 Å². The lowest BCUT2D eigenvalue weighted by Crippen LogP contribution is -2.35. The Labute approximate surface area is 165 Å². The Balaban J connectivity index is 1.42. The molecule has 5 heterocycles. The van der Waals surface area contributed by atoms with Crippen LogP contribution in [0.2, 0.25) is 0 Å². The van der Waals surface area contributed by atoms with Gasteiger partial charge < -0.3 is 4.98 Å². The lowest BCUT2D eigenvalue weighted by Gasteiger charge is -2.27. The number of nitrogens with zero attached hydrogens (tertiary/aromatic N) is 4. The number of hydrogen-bond acceptors (Lipinski definition) is 6. The van der Waals surface area contributed by atoms with Crippen molar-refractivity contribution in [2.45, 2.75) is 19.5 Å². The van der Waals surface area contributed by atoms with E-state index in [2.05, 4.69) is 36.5 Å². The van der Waals surface area contributed by atoms with Crippen LogP contribution in [0.15, 0.2) is 52.9 Å². The van der Waals surface area contributed by atoms with E-state index in [1.807, 2.05) is 30.5 Å². The van der Waals surface area contributed by atoms with Gasteiger partial charge in [0.25, 0.3) is 5.56 Å². The zero-order valence-corrected chi connectivity index (χ0v) is 15.9. The second-order valence-corrected chi connectivity index (χ2v) is 7.71. The SMILES string of the molecule is O=c1[nH]c(-c2ccccn2)nc2c1CCN(Cc1cn[nH]c1-c1cccs1)C2. The third-order valence-electron chi connectivity index (χ3n) is 4.94. The summed E-state index contributed by atoms with van der Waals surface area (Å²) >= 11 is 1.69. The molecule has 4 aromatic heterocycles. The van der Waals surface area contributed by atoms with E-state index in [1.54, 1.807) is 17.5 Å². The Hall–Kier alpha value is -3.10. The van der Waals surface area contributed by atoms with Crippen molar-refractivity contribution >= 4 is 11.3 Å². The highest BCUT2D eigenvalue weighted by molar-refractivity contribution is 7.13. The third-order valence-corrected chi connectivity index (χ3v) is 5.83. The van der Waals surface area contributed by atoms with Gasteiger partial charge in [-0.2, -0.15) is 5.10 Å². The van der Waals surface area contributed by atoms with Crippen molar-refractivity contribution in [3.05, 3.63) is 75.3 Å².